The van der Waals surface area contributed by atoms with Gasteiger partial charge in [-0.05, 0) is 45.2 Å². The molecule has 0 spiro atoms. The molecule has 0 amide bonds. The predicted molar refractivity (Wildman–Crippen MR) is 94.3 cm³/mol. The fourth-order valence-corrected chi connectivity index (χ4v) is 3.39. The monoisotopic (exact) mass is 320 g/mol. The second-order valence-corrected chi connectivity index (χ2v) is 6.27. The number of hydrogen-bond acceptors (Lipinski definition) is 4. The molecule has 1 aromatic carbocycles. The van der Waals surface area contributed by atoms with Gasteiger partial charge in [-0.1, -0.05) is 18.3 Å². The number of rotatable bonds is 5. The van der Waals surface area contributed by atoms with Gasteiger partial charge in [0.05, 0.1) is 6.04 Å². The van der Waals surface area contributed by atoms with Crippen molar-refractivity contribution in [1.82, 2.24) is 0 Å². The topological polar surface area (TPSA) is 51.2 Å². The predicted octanol–water partition coefficient (Wildman–Crippen LogP) is 4.43. The SMILES string of the molecule is CSc1cccc(NC(C)c2cc(C)oc2C)c1C(N)=S. The van der Waals surface area contributed by atoms with E-state index in [0.29, 0.717) is 4.99 Å². The summed E-state index contributed by atoms with van der Waals surface area (Å²) in [6.07, 6.45) is 2.02. The maximum atomic E-state index is 5.90. The highest BCUT2D eigenvalue weighted by atomic mass is 32.2. The van der Waals surface area contributed by atoms with Gasteiger partial charge in [0.15, 0.2) is 0 Å². The molecule has 1 aromatic heterocycles. The molecule has 0 saturated carbocycles. The Balaban J connectivity index is 2.35. The molecular formula is C16H20N2OS2. The number of anilines is 1. The van der Waals surface area contributed by atoms with E-state index < -0.39 is 0 Å². The zero-order valence-corrected chi connectivity index (χ0v) is 14.3. The third-order valence-corrected chi connectivity index (χ3v) is 4.39. The van der Waals surface area contributed by atoms with Crippen molar-refractivity contribution in [1.29, 1.82) is 0 Å². The molecule has 2 rings (SSSR count). The molecule has 0 aliphatic heterocycles. The lowest BCUT2D eigenvalue weighted by atomic mass is 10.1. The van der Waals surface area contributed by atoms with Gasteiger partial charge < -0.3 is 15.5 Å². The largest absolute Gasteiger partial charge is 0.466 e. The van der Waals surface area contributed by atoms with Crippen LogP contribution >= 0.6 is 24.0 Å². The van der Waals surface area contributed by atoms with Gasteiger partial charge in [-0.15, -0.1) is 11.8 Å². The van der Waals surface area contributed by atoms with Crippen LogP contribution in [0.5, 0.6) is 0 Å². The Labute approximate surface area is 135 Å². The molecule has 3 N–H and O–H groups in total. The Morgan fingerprint density at radius 1 is 1.38 bits per heavy atom. The van der Waals surface area contributed by atoms with Crippen molar-refractivity contribution in [2.45, 2.75) is 31.7 Å². The number of aryl methyl sites for hydroxylation is 2. The zero-order valence-electron chi connectivity index (χ0n) is 12.7. The third kappa shape index (κ3) is 3.41. The Morgan fingerprint density at radius 2 is 2.10 bits per heavy atom. The minimum absolute atomic E-state index is 0.118. The highest BCUT2D eigenvalue weighted by Crippen LogP contribution is 2.31. The van der Waals surface area contributed by atoms with Crippen molar-refractivity contribution in [3.8, 4) is 0 Å². The normalized spacial score (nSPS) is 12.2. The van der Waals surface area contributed by atoms with Crippen molar-refractivity contribution >= 4 is 34.7 Å². The molecule has 3 nitrogen and oxygen atoms in total. The number of thioether (sulfide) groups is 1. The van der Waals surface area contributed by atoms with E-state index in [2.05, 4.69) is 18.3 Å². The molecule has 0 radical (unpaired) electrons. The standard InChI is InChI=1S/C16H20N2OS2/c1-9-8-12(11(3)19-9)10(2)18-13-6-5-7-14(21-4)15(13)16(17)20/h5-8,10,18H,1-4H3,(H2,17,20). The highest BCUT2D eigenvalue weighted by Gasteiger charge is 2.16. The average molecular weight is 320 g/mol. The number of benzene rings is 1. The fraction of sp³-hybridized carbons (Fsp3) is 0.312. The van der Waals surface area contributed by atoms with Crippen LogP contribution < -0.4 is 11.1 Å². The molecule has 1 heterocycles. The zero-order chi connectivity index (χ0) is 15.6. The second kappa shape index (κ2) is 6.54. The van der Waals surface area contributed by atoms with Gasteiger partial charge in [-0.2, -0.15) is 0 Å². The molecule has 1 atom stereocenters. The van der Waals surface area contributed by atoms with Gasteiger partial charge in [-0.25, -0.2) is 0 Å². The summed E-state index contributed by atoms with van der Waals surface area (Å²) in [5.41, 5.74) is 8.91. The van der Waals surface area contributed by atoms with E-state index in [0.717, 1.165) is 33.2 Å². The minimum Gasteiger partial charge on any atom is -0.466 e. The Bertz CT molecular complexity index is 664. The number of nitrogens with two attached hydrogens (primary N) is 1. The second-order valence-electron chi connectivity index (χ2n) is 4.98. The van der Waals surface area contributed by atoms with E-state index in [1.54, 1.807) is 11.8 Å². The van der Waals surface area contributed by atoms with Gasteiger partial charge in [0.25, 0.3) is 0 Å². The first kappa shape index (κ1) is 15.9. The summed E-state index contributed by atoms with van der Waals surface area (Å²) in [5, 5.41) is 3.50. The van der Waals surface area contributed by atoms with Crippen molar-refractivity contribution in [2.24, 2.45) is 5.73 Å². The number of hydrogen-bond donors (Lipinski definition) is 2. The molecule has 1 unspecified atom stereocenters. The van der Waals surface area contributed by atoms with Crippen LogP contribution in [0.4, 0.5) is 5.69 Å². The van der Waals surface area contributed by atoms with E-state index in [-0.39, 0.29) is 6.04 Å². The summed E-state index contributed by atoms with van der Waals surface area (Å²) in [6.45, 7) is 6.04. The lowest BCUT2D eigenvalue weighted by molar-refractivity contribution is 0.500. The van der Waals surface area contributed by atoms with Crippen LogP contribution in [0.1, 0.15) is 35.6 Å². The lowest BCUT2D eigenvalue weighted by Gasteiger charge is -2.19. The van der Waals surface area contributed by atoms with Crippen molar-refractivity contribution < 1.29 is 4.42 Å². The van der Waals surface area contributed by atoms with Gasteiger partial charge in [0.1, 0.15) is 16.5 Å². The molecule has 2 aromatic rings. The Hall–Kier alpha value is -1.46. The molecule has 0 aliphatic carbocycles. The van der Waals surface area contributed by atoms with Gasteiger partial charge in [-0.3, -0.25) is 0 Å². The Kier molecular flexibility index (Phi) is 4.96. The fourth-order valence-electron chi connectivity index (χ4n) is 2.47. The van der Waals surface area contributed by atoms with E-state index in [1.807, 2.05) is 38.3 Å². The first-order valence-electron chi connectivity index (χ1n) is 6.74. The molecular weight excluding hydrogens is 300 g/mol. The average Bonchev–Trinajstić information content (AvgIpc) is 2.77. The summed E-state index contributed by atoms with van der Waals surface area (Å²) in [4.78, 5) is 1.49. The molecule has 0 aliphatic rings. The molecule has 0 fully saturated rings. The van der Waals surface area contributed by atoms with Crippen LogP contribution in [0.2, 0.25) is 0 Å². The van der Waals surface area contributed by atoms with E-state index in [1.165, 1.54) is 0 Å². The first-order valence-corrected chi connectivity index (χ1v) is 8.37. The third-order valence-electron chi connectivity index (χ3n) is 3.41. The molecule has 0 bridgehead atoms. The van der Waals surface area contributed by atoms with E-state index in [4.69, 9.17) is 22.4 Å². The van der Waals surface area contributed by atoms with Gasteiger partial charge in [0.2, 0.25) is 0 Å². The maximum absolute atomic E-state index is 5.90. The first-order chi connectivity index (χ1) is 9.93. The summed E-state index contributed by atoms with van der Waals surface area (Å²) in [5.74, 6) is 1.86. The van der Waals surface area contributed by atoms with Crippen LogP contribution in [-0.2, 0) is 0 Å². The highest BCUT2D eigenvalue weighted by molar-refractivity contribution is 7.98. The smallest absolute Gasteiger partial charge is 0.107 e. The van der Waals surface area contributed by atoms with Crippen LogP contribution in [0, 0.1) is 13.8 Å². The van der Waals surface area contributed by atoms with Crippen LogP contribution in [0.15, 0.2) is 33.6 Å². The lowest BCUT2D eigenvalue weighted by Crippen LogP contribution is -2.16. The quantitative estimate of drug-likeness (QED) is 0.630. The number of thiocarbonyl (C=S) groups is 1. The van der Waals surface area contributed by atoms with Crippen molar-refractivity contribution in [2.75, 3.05) is 11.6 Å². The van der Waals surface area contributed by atoms with Gasteiger partial charge in [0, 0.05) is 21.7 Å². The van der Waals surface area contributed by atoms with Crippen LogP contribution in [0.3, 0.4) is 0 Å². The summed E-state index contributed by atoms with van der Waals surface area (Å²) in [7, 11) is 0. The van der Waals surface area contributed by atoms with E-state index >= 15 is 0 Å². The van der Waals surface area contributed by atoms with Crippen LogP contribution in [-0.4, -0.2) is 11.2 Å². The summed E-state index contributed by atoms with van der Waals surface area (Å²) in [6, 6.07) is 8.23. The van der Waals surface area contributed by atoms with Crippen LogP contribution in [0.25, 0.3) is 0 Å². The summed E-state index contributed by atoms with van der Waals surface area (Å²) >= 11 is 6.85. The number of furan rings is 1. The maximum Gasteiger partial charge on any atom is 0.107 e. The van der Waals surface area contributed by atoms with E-state index in [9.17, 15) is 0 Å². The number of nitrogens with one attached hydrogen (secondary N) is 1. The van der Waals surface area contributed by atoms with Gasteiger partial charge >= 0.3 is 0 Å². The molecule has 0 saturated heterocycles. The summed E-state index contributed by atoms with van der Waals surface area (Å²) < 4.78 is 5.60. The molecule has 5 heteroatoms. The minimum atomic E-state index is 0.118. The molecule has 112 valence electrons. The Morgan fingerprint density at radius 3 is 2.62 bits per heavy atom. The van der Waals surface area contributed by atoms with Crippen molar-refractivity contribution in [3.63, 3.8) is 0 Å². The molecule has 21 heavy (non-hydrogen) atoms. The van der Waals surface area contributed by atoms with Crippen molar-refractivity contribution in [3.05, 3.63) is 46.9 Å².